The number of pyridine rings is 2. The van der Waals surface area contributed by atoms with Crippen LogP contribution in [0.2, 0.25) is 0 Å². The molecule has 2 aromatic heterocycles. The molecule has 0 amide bonds. The molecule has 0 spiro atoms. The van der Waals surface area contributed by atoms with Gasteiger partial charge in [0.2, 0.25) is 0 Å². The molecule has 0 fully saturated rings. The Morgan fingerprint density at radius 1 is 0.259 bits per heavy atom. The number of aromatic nitrogens is 2. The molecule has 0 unspecified atom stereocenters. The number of rotatable bonds is 4. The fraction of sp³-hybridized carbons (Fsp3) is 0. The second kappa shape index (κ2) is 12.2. The molecule has 0 saturated carbocycles. The molecule has 0 bridgehead atoms. The van der Waals surface area contributed by atoms with Crippen molar-refractivity contribution >= 4 is 64.8 Å². The highest BCUT2D eigenvalue weighted by Gasteiger charge is 2.17. The molecule has 250 valence electrons. The van der Waals surface area contributed by atoms with Crippen molar-refractivity contribution in [2.75, 3.05) is 0 Å². The zero-order chi connectivity index (χ0) is 35.6. The summed E-state index contributed by atoms with van der Waals surface area (Å²) < 4.78 is 0. The summed E-state index contributed by atoms with van der Waals surface area (Å²) in [5.41, 5.74) is 9.47. The maximum absolute atomic E-state index is 5.50. The zero-order valence-corrected chi connectivity index (χ0v) is 29.4. The Hall–Kier alpha value is -7.16. The van der Waals surface area contributed by atoms with Crippen LogP contribution in [-0.2, 0) is 0 Å². The lowest BCUT2D eigenvalue weighted by Crippen LogP contribution is -1.93. The molecule has 2 heterocycles. The van der Waals surface area contributed by atoms with Crippen molar-refractivity contribution in [1.29, 1.82) is 0 Å². The minimum Gasteiger partial charge on any atom is -0.248 e. The van der Waals surface area contributed by atoms with Gasteiger partial charge in [-0.2, -0.15) is 0 Å². The van der Waals surface area contributed by atoms with E-state index in [9.17, 15) is 0 Å². The first-order valence-corrected chi connectivity index (χ1v) is 18.5. The van der Waals surface area contributed by atoms with Gasteiger partial charge in [-0.1, -0.05) is 170 Å². The maximum Gasteiger partial charge on any atom is 0.0800 e. The summed E-state index contributed by atoms with van der Waals surface area (Å²) in [5.74, 6) is 0. The molecular weight excluding hydrogens is 653 g/mol. The number of hydrogen-bond donors (Lipinski definition) is 0. The van der Waals surface area contributed by atoms with Crippen LogP contribution < -0.4 is 0 Å². The second-order valence-electron chi connectivity index (χ2n) is 14.1. The fourth-order valence-electron chi connectivity index (χ4n) is 8.32. The Morgan fingerprint density at radius 3 is 1.28 bits per heavy atom. The standard InChI is InChI=1S/C52H32N2/c1-3-13-37-29-39(27-23-33(37)11-1)48-31-41(32-49(53-48)40-28-24-34-12-2-4-14-38(34)30-40)35-21-25-36(26-22-35)51-47-20-10-8-18-45(47)50-44-17-7-5-15-42(44)43-16-6-9-19-46(43)52(50)54-51/h1-32H. The molecule has 0 aliphatic carbocycles. The Bertz CT molecular complexity index is 3170. The highest BCUT2D eigenvalue weighted by molar-refractivity contribution is 6.31. The third-order valence-corrected chi connectivity index (χ3v) is 11.0. The van der Waals surface area contributed by atoms with E-state index >= 15 is 0 Å². The number of hydrogen-bond acceptors (Lipinski definition) is 2. The highest BCUT2D eigenvalue weighted by atomic mass is 14.7. The van der Waals surface area contributed by atoms with Crippen LogP contribution >= 0.6 is 0 Å². The van der Waals surface area contributed by atoms with E-state index in [2.05, 4.69) is 194 Å². The topological polar surface area (TPSA) is 25.8 Å². The summed E-state index contributed by atoms with van der Waals surface area (Å²) in [6.45, 7) is 0. The molecule has 0 N–H and O–H groups in total. The van der Waals surface area contributed by atoms with E-state index in [0.717, 1.165) is 55.8 Å². The highest BCUT2D eigenvalue weighted by Crippen LogP contribution is 2.41. The van der Waals surface area contributed by atoms with Crippen molar-refractivity contribution in [2.45, 2.75) is 0 Å². The molecule has 11 aromatic rings. The summed E-state index contributed by atoms with van der Waals surface area (Å²) >= 11 is 0. The van der Waals surface area contributed by atoms with E-state index in [1.54, 1.807) is 0 Å². The molecule has 54 heavy (non-hydrogen) atoms. The molecular formula is C52H32N2. The third kappa shape index (κ3) is 4.96. The van der Waals surface area contributed by atoms with Gasteiger partial charge in [0.1, 0.15) is 0 Å². The quantitative estimate of drug-likeness (QED) is 0.172. The molecule has 0 aliphatic heterocycles. The van der Waals surface area contributed by atoms with Crippen molar-refractivity contribution in [1.82, 2.24) is 9.97 Å². The summed E-state index contributed by atoms with van der Waals surface area (Å²) in [6, 6.07) is 69.8. The van der Waals surface area contributed by atoms with Crippen LogP contribution in [-0.4, -0.2) is 9.97 Å². The van der Waals surface area contributed by atoms with Crippen molar-refractivity contribution in [3.63, 3.8) is 0 Å². The zero-order valence-electron chi connectivity index (χ0n) is 29.4. The van der Waals surface area contributed by atoms with E-state index < -0.39 is 0 Å². The minimum absolute atomic E-state index is 0.951. The second-order valence-corrected chi connectivity index (χ2v) is 14.1. The van der Waals surface area contributed by atoms with E-state index in [0.29, 0.717) is 0 Å². The molecule has 0 atom stereocenters. The van der Waals surface area contributed by atoms with Gasteiger partial charge in [0, 0.05) is 32.8 Å². The summed E-state index contributed by atoms with van der Waals surface area (Å²) in [6.07, 6.45) is 0. The number of benzene rings is 9. The first kappa shape index (κ1) is 30.5. The van der Waals surface area contributed by atoms with Crippen LogP contribution in [0.1, 0.15) is 0 Å². The van der Waals surface area contributed by atoms with Crippen molar-refractivity contribution in [2.24, 2.45) is 0 Å². The average Bonchev–Trinajstić information content (AvgIpc) is 3.25. The van der Waals surface area contributed by atoms with Crippen molar-refractivity contribution in [3.8, 4) is 44.9 Å². The molecule has 0 radical (unpaired) electrons. The molecule has 0 aliphatic rings. The fourth-order valence-corrected chi connectivity index (χ4v) is 8.32. The van der Waals surface area contributed by atoms with Crippen LogP contribution in [0.15, 0.2) is 194 Å². The Morgan fingerprint density at radius 2 is 0.685 bits per heavy atom. The lowest BCUT2D eigenvalue weighted by molar-refractivity contribution is 1.33. The van der Waals surface area contributed by atoms with Crippen LogP contribution in [0.25, 0.3) is 110 Å². The Balaban J connectivity index is 1.08. The van der Waals surface area contributed by atoms with E-state index in [4.69, 9.17) is 9.97 Å². The first-order chi connectivity index (χ1) is 26.7. The normalized spacial score (nSPS) is 11.7. The van der Waals surface area contributed by atoms with Gasteiger partial charge in [0.15, 0.2) is 0 Å². The Kier molecular flexibility index (Phi) is 6.90. The maximum atomic E-state index is 5.50. The van der Waals surface area contributed by atoms with Gasteiger partial charge in [0.05, 0.1) is 22.6 Å². The van der Waals surface area contributed by atoms with Gasteiger partial charge in [0.25, 0.3) is 0 Å². The van der Waals surface area contributed by atoms with Gasteiger partial charge in [-0.3, -0.25) is 0 Å². The molecule has 11 rings (SSSR count). The molecule has 0 saturated heterocycles. The lowest BCUT2D eigenvalue weighted by Gasteiger charge is -2.15. The molecule has 2 heteroatoms. The van der Waals surface area contributed by atoms with Gasteiger partial charge < -0.3 is 0 Å². The molecule has 9 aromatic carbocycles. The van der Waals surface area contributed by atoms with E-state index in [1.165, 1.54) is 53.9 Å². The summed E-state index contributed by atoms with van der Waals surface area (Å²) in [7, 11) is 0. The van der Waals surface area contributed by atoms with Crippen LogP contribution in [0.5, 0.6) is 0 Å². The van der Waals surface area contributed by atoms with Crippen LogP contribution in [0.3, 0.4) is 0 Å². The van der Waals surface area contributed by atoms with Gasteiger partial charge >= 0.3 is 0 Å². The van der Waals surface area contributed by atoms with Gasteiger partial charge in [-0.25, -0.2) is 9.97 Å². The smallest absolute Gasteiger partial charge is 0.0800 e. The predicted molar refractivity (Wildman–Crippen MR) is 229 cm³/mol. The van der Waals surface area contributed by atoms with Gasteiger partial charge in [-0.05, 0) is 78.5 Å². The molecule has 2 nitrogen and oxygen atoms in total. The van der Waals surface area contributed by atoms with E-state index in [-0.39, 0.29) is 0 Å². The lowest BCUT2D eigenvalue weighted by atomic mass is 9.92. The third-order valence-electron chi connectivity index (χ3n) is 11.0. The summed E-state index contributed by atoms with van der Waals surface area (Å²) in [5, 5.41) is 13.3. The van der Waals surface area contributed by atoms with Crippen LogP contribution in [0.4, 0.5) is 0 Å². The average molecular weight is 685 g/mol. The van der Waals surface area contributed by atoms with Crippen LogP contribution in [0, 0.1) is 0 Å². The van der Waals surface area contributed by atoms with Gasteiger partial charge in [-0.15, -0.1) is 0 Å². The number of nitrogens with zero attached hydrogens (tertiary/aromatic N) is 2. The SMILES string of the molecule is c1ccc2cc(-c3cc(-c4ccc(-c5nc6c7ccccc7c7ccccc7c6c6ccccc56)cc4)cc(-c4ccc5ccccc5c4)n3)ccc2c1. The van der Waals surface area contributed by atoms with Crippen molar-refractivity contribution < 1.29 is 0 Å². The Labute approximate surface area is 312 Å². The monoisotopic (exact) mass is 684 g/mol. The van der Waals surface area contributed by atoms with Crippen molar-refractivity contribution in [3.05, 3.63) is 194 Å². The first-order valence-electron chi connectivity index (χ1n) is 18.5. The van der Waals surface area contributed by atoms with E-state index in [1.807, 2.05) is 0 Å². The minimum atomic E-state index is 0.951. The summed E-state index contributed by atoms with van der Waals surface area (Å²) in [4.78, 5) is 10.8. The number of fused-ring (bicyclic) bond motifs is 10. The predicted octanol–water partition coefficient (Wildman–Crippen LogP) is 14.1. The largest absolute Gasteiger partial charge is 0.248 e.